The molecule has 6 heterocycles. The molecule has 0 bridgehead atoms. The van der Waals surface area contributed by atoms with E-state index < -0.39 is 0 Å². The summed E-state index contributed by atoms with van der Waals surface area (Å²) in [4.78, 5) is 14.7. The number of nitrogens with zero attached hydrogens (tertiary/aromatic N) is 5. The Bertz CT molecular complexity index is 2360. The van der Waals surface area contributed by atoms with Crippen LogP contribution >= 0.6 is 0 Å². The van der Waals surface area contributed by atoms with Gasteiger partial charge >= 0.3 is 0 Å². The monoisotopic (exact) mass is 566 g/mol. The maximum atomic E-state index is 5.14. The molecule has 0 amide bonds. The predicted octanol–water partition coefficient (Wildman–Crippen LogP) is 8.32. The van der Waals surface area contributed by atoms with Gasteiger partial charge in [-0.05, 0) is 66.9 Å². The van der Waals surface area contributed by atoms with E-state index in [1.165, 1.54) is 21.7 Å². The molecule has 0 atom stereocenters. The van der Waals surface area contributed by atoms with Crippen LogP contribution in [-0.2, 0) is 6.54 Å². The van der Waals surface area contributed by atoms with Crippen molar-refractivity contribution in [2.45, 2.75) is 6.54 Å². The molecule has 0 radical (unpaired) electrons. The fraction of sp³-hybridized carbons (Fsp3) is 0.0263. The van der Waals surface area contributed by atoms with E-state index in [0.29, 0.717) is 0 Å². The van der Waals surface area contributed by atoms with E-state index in [9.17, 15) is 0 Å². The number of hydrogen-bond donors (Lipinski definition) is 1. The third-order valence-corrected chi connectivity index (χ3v) is 8.51. The van der Waals surface area contributed by atoms with Crippen LogP contribution in [0.15, 0.2) is 134 Å². The standard InChI is InChI=1S/C38H26N6/c1-3-15-34-27(10-1)29-18-20-40-24-37(29)43(34)26-9-5-8-25(22-26)31-12-6-13-32(41-31)33-14-7-17-38(42-33)44-35-16-4-2-11-28(35)30-23-39-21-19-36(30)44/h1-22,24,39H,23H2. The Morgan fingerprint density at radius 3 is 2.23 bits per heavy atom. The number of pyridine rings is 3. The first-order chi connectivity index (χ1) is 21.8. The number of benzene rings is 3. The van der Waals surface area contributed by atoms with Gasteiger partial charge in [0.05, 0.1) is 45.5 Å². The second-order valence-corrected chi connectivity index (χ2v) is 11.0. The molecule has 0 aliphatic carbocycles. The molecule has 5 aromatic heterocycles. The summed E-state index contributed by atoms with van der Waals surface area (Å²) >= 11 is 0. The molecule has 8 aromatic rings. The van der Waals surface area contributed by atoms with Crippen molar-refractivity contribution in [3.8, 4) is 34.2 Å². The van der Waals surface area contributed by atoms with Gasteiger partial charge < -0.3 is 9.88 Å². The summed E-state index contributed by atoms with van der Waals surface area (Å²) < 4.78 is 4.53. The molecule has 0 fully saturated rings. The predicted molar refractivity (Wildman–Crippen MR) is 178 cm³/mol. The number of fused-ring (bicyclic) bond motifs is 6. The first-order valence-electron chi connectivity index (χ1n) is 14.7. The van der Waals surface area contributed by atoms with E-state index >= 15 is 0 Å². The van der Waals surface area contributed by atoms with Crippen LogP contribution in [0, 0.1) is 0 Å². The van der Waals surface area contributed by atoms with Gasteiger partial charge in [0.25, 0.3) is 0 Å². The van der Waals surface area contributed by atoms with Crippen LogP contribution < -0.4 is 5.32 Å². The van der Waals surface area contributed by atoms with Gasteiger partial charge in [-0.15, -0.1) is 0 Å². The molecule has 3 aromatic carbocycles. The van der Waals surface area contributed by atoms with Crippen molar-refractivity contribution in [2.75, 3.05) is 0 Å². The molecular weight excluding hydrogens is 540 g/mol. The van der Waals surface area contributed by atoms with Crippen LogP contribution in [0.3, 0.4) is 0 Å². The minimum Gasteiger partial charge on any atom is -0.387 e. The first-order valence-corrected chi connectivity index (χ1v) is 14.7. The van der Waals surface area contributed by atoms with Crippen LogP contribution in [0.5, 0.6) is 0 Å². The maximum Gasteiger partial charge on any atom is 0.138 e. The molecule has 1 aliphatic rings. The summed E-state index contributed by atoms with van der Waals surface area (Å²) in [6.45, 7) is 0.798. The number of hydrogen-bond acceptors (Lipinski definition) is 4. The zero-order valence-electron chi connectivity index (χ0n) is 23.7. The van der Waals surface area contributed by atoms with Gasteiger partial charge in [-0.3, -0.25) is 9.55 Å². The third kappa shape index (κ3) is 3.78. The Morgan fingerprint density at radius 1 is 0.591 bits per heavy atom. The second kappa shape index (κ2) is 9.78. The molecule has 208 valence electrons. The molecule has 0 unspecified atom stereocenters. The van der Waals surface area contributed by atoms with Crippen molar-refractivity contribution in [3.63, 3.8) is 0 Å². The molecule has 44 heavy (non-hydrogen) atoms. The molecule has 9 rings (SSSR count). The van der Waals surface area contributed by atoms with E-state index in [-0.39, 0.29) is 0 Å². The van der Waals surface area contributed by atoms with Crippen molar-refractivity contribution < 1.29 is 0 Å². The summed E-state index contributed by atoms with van der Waals surface area (Å²) in [6, 6.07) is 40.0. The van der Waals surface area contributed by atoms with Crippen LogP contribution in [0.25, 0.3) is 72.9 Å². The Kier molecular flexibility index (Phi) is 5.46. The lowest BCUT2D eigenvalue weighted by molar-refractivity contribution is 0.852. The van der Waals surface area contributed by atoms with E-state index in [1.54, 1.807) is 0 Å². The molecule has 1 N–H and O–H groups in total. The molecule has 0 saturated heterocycles. The van der Waals surface area contributed by atoms with Crippen molar-refractivity contribution in [2.24, 2.45) is 0 Å². The fourth-order valence-electron chi connectivity index (χ4n) is 6.56. The SMILES string of the molecule is C1=Cc2c(c3ccccc3n2-c2cccc(-c3cccc(-c4cccc(-n5c6ccccc6c6ccncc65)c4)n3)n2)CN1. The summed E-state index contributed by atoms with van der Waals surface area (Å²) in [7, 11) is 0. The zero-order valence-corrected chi connectivity index (χ0v) is 23.7. The van der Waals surface area contributed by atoms with Gasteiger partial charge in [0.15, 0.2) is 0 Å². The van der Waals surface area contributed by atoms with Gasteiger partial charge in [-0.2, -0.15) is 0 Å². The fourth-order valence-corrected chi connectivity index (χ4v) is 6.56. The lowest BCUT2D eigenvalue weighted by atomic mass is 10.1. The van der Waals surface area contributed by atoms with Gasteiger partial charge in [0.1, 0.15) is 5.82 Å². The zero-order chi connectivity index (χ0) is 29.0. The van der Waals surface area contributed by atoms with Crippen molar-refractivity contribution in [1.29, 1.82) is 0 Å². The quantitative estimate of drug-likeness (QED) is 0.233. The van der Waals surface area contributed by atoms with E-state index in [1.807, 2.05) is 30.7 Å². The van der Waals surface area contributed by atoms with Crippen molar-refractivity contribution >= 4 is 38.8 Å². The summed E-state index contributed by atoms with van der Waals surface area (Å²) in [6.07, 6.45) is 7.94. The molecule has 0 saturated carbocycles. The van der Waals surface area contributed by atoms with Gasteiger partial charge in [-0.25, -0.2) is 9.97 Å². The molecular formula is C38H26N6. The molecule has 1 aliphatic heterocycles. The summed E-state index contributed by atoms with van der Waals surface area (Å²) in [5.41, 5.74) is 10.5. The van der Waals surface area contributed by atoms with E-state index in [0.717, 1.165) is 62.9 Å². The Morgan fingerprint density at radius 2 is 1.32 bits per heavy atom. The molecule has 6 nitrogen and oxygen atoms in total. The minimum absolute atomic E-state index is 0.798. The highest BCUT2D eigenvalue weighted by molar-refractivity contribution is 6.09. The van der Waals surface area contributed by atoms with Crippen molar-refractivity contribution in [1.82, 2.24) is 29.4 Å². The van der Waals surface area contributed by atoms with Crippen LogP contribution in [0.2, 0.25) is 0 Å². The molecule has 6 heteroatoms. The number of rotatable bonds is 4. The van der Waals surface area contributed by atoms with Gasteiger partial charge in [0.2, 0.25) is 0 Å². The lowest BCUT2D eigenvalue weighted by Gasteiger charge is -2.13. The highest BCUT2D eigenvalue weighted by Gasteiger charge is 2.19. The van der Waals surface area contributed by atoms with Crippen LogP contribution in [0.1, 0.15) is 11.3 Å². The normalized spacial score (nSPS) is 12.5. The highest BCUT2D eigenvalue weighted by Crippen LogP contribution is 2.34. The molecule has 0 spiro atoms. The summed E-state index contributed by atoms with van der Waals surface area (Å²) in [5.74, 6) is 0.876. The smallest absolute Gasteiger partial charge is 0.138 e. The van der Waals surface area contributed by atoms with Crippen LogP contribution in [-0.4, -0.2) is 24.1 Å². The highest BCUT2D eigenvalue weighted by atomic mass is 15.1. The Balaban J connectivity index is 1.14. The number of aromatic nitrogens is 5. The second-order valence-electron chi connectivity index (χ2n) is 11.0. The Labute approximate surface area is 253 Å². The summed E-state index contributed by atoms with van der Waals surface area (Å²) in [5, 5.41) is 7.00. The topological polar surface area (TPSA) is 60.6 Å². The first kappa shape index (κ1) is 24.6. The minimum atomic E-state index is 0.798. The van der Waals surface area contributed by atoms with Crippen molar-refractivity contribution in [3.05, 3.63) is 145 Å². The van der Waals surface area contributed by atoms with Crippen LogP contribution in [0.4, 0.5) is 0 Å². The van der Waals surface area contributed by atoms with E-state index in [2.05, 4.69) is 129 Å². The van der Waals surface area contributed by atoms with E-state index in [4.69, 9.17) is 9.97 Å². The lowest BCUT2D eigenvalue weighted by Crippen LogP contribution is -2.11. The number of nitrogens with one attached hydrogen (secondary N) is 1. The average Bonchev–Trinajstić information content (AvgIpc) is 3.62. The van der Waals surface area contributed by atoms with Gasteiger partial charge in [0, 0.05) is 45.7 Å². The largest absolute Gasteiger partial charge is 0.387 e. The number of para-hydroxylation sites is 2. The average molecular weight is 567 g/mol. The van der Waals surface area contributed by atoms with Gasteiger partial charge in [-0.1, -0.05) is 60.7 Å². The Hall–Kier alpha value is -6.01. The third-order valence-electron chi connectivity index (χ3n) is 8.51. The maximum absolute atomic E-state index is 5.14.